The van der Waals surface area contributed by atoms with Crippen LogP contribution < -0.4 is 0 Å². The van der Waals surface area contributed by atoms with Crippen molar-refractivity contribution in [2.24, 2.45) is 0 Å². The van der Waals surface area contributed by atoms with Crippen molar-refractivity contribution in [3.8, 4) is 0 Å². The minimum Gasteiger partial charge on any atom is -0.396 e. The summed E-state index contributed by atoms with van der Waals surface area (Å²) in [7, 11) is 0. The molecular weight excluding hydrogens is 216 g/mol. The number of rotatable bonds is 6. The first kappa shape index (κ1) is 12.1. The number of hydrogen-bond acceptors (Lipinski definition) is 3. The molecule has 2 aromatic rings. The number of aliphatic hydroxyl groups is 2. The number of hydrogen-bond donors (Lipinski definition) is 2. The number of aromatic nitrogens is 2. The van der Waals surface area contributed by atoms with Crippen LogP contribution in [-0.2, 0) is 13.2 Å². The summed E-state index contributed by atoms with van der Waals surface area (Å²) in [6, 6.07) is 3.87. The zero-order valence-corrected chi connectivity index (χ0v) is 9.84. The molecular formula is C13H18N2O2. The lowest BCUT2D eigenvalue weighted by Crippen LogP contribution is -1.98. The van der Waals surface area contributed by atoms with Crippen LogP contribution in [0.15, 0.2) is 24.5 Å². The summed E-state index contributed by atoms with van der Waals surface area (Å²) in [5.41, 5.74) is 1.86. The Morgan fingerprint density at radius 2 is 2.06 bits per heavy atom. The van der Waals surface area contributed by atoms with E-state index in [2.05, 4.69) is 9.55 Å². The van der Waals surface area contributed by atoms with E-state index in [0.717, 1.165) is 42.4 Å². The van der Waals surface area contributed by atoms with Crippen LogP contribution in [0.5, 0.6) is 0 Å². The van der Waals surface area contributed by atoms with Gasteiger partial charge in [0.25, 0.3) is 0 Å². The second-order valence-electron chi connectivity index (χ2n) is 4.16. The molecule has 0 radical (unpaired) electrons. The quantitative estimate of drug-likeness (QED) is 0.748. The van der Waals surface area contributed by atoms with Gasteiger partial charge in [-0.25, -0.2) is 4.98 Å². The molecule has 0 spiro atoms. The van der Waals surface area contributed by atoms with Crippen LogP contribution in [0.1, 0.15) is 24.8 Å². The number of unbranched alkanes of at least 4 members (excludes halogenated alkanes) is 2. The first-order valence-electron chi connectivity index (χ1n) is 6.01. The molecule has 2 aromatic heterocycles. The predicted octanol–water partition coefficient (Wildman–Crippen LogP) is 1.69. The molecule has 0 fully saturated rings. The van der Waals surface area contributed by atoms with Gasteiger partial charge in [0, 0.05) is 36.5 Å². The van der Waals surface area contributed by atoms with E-state index in [0.29, 0.717) is 0 Å². The van der Waals surface area contributed by atoms with E-state index in [1.165, 1.54) is 0 Å². The third-order valence-electron chi connectivity index (χ3n) is 2.94. The predicted molar refractivity (Wildman–Crippen MR) is 66.6 cm³/mol. The van der Waals surface area contributed by atoms with E-state index in [1.54, 1.807) is 6.20 Å². The number of fused-ring (bicyclic) bond motifs is 1. The Bertz CT molecular complexity index is 479. The lowest BCUT2D eigenvalue weighted by atomic mass is 10.2. The molecule has 0 aromatic carbocycles. The van der Waals surface area contributed by atoms with Gasteiger partial charge in [-0.15, -0.1) is 0 Å². The van der Waals surface area contributed by atoms with Gasteiger partial charge in [0.15, 0.2) is 0 Å². The number of nitrogens with zero attached hydrogens (tertiary/aromatic N) is 2. The topological polar surface area (TPSA) is 58.3 Å². The first-order chi connectivity index (χ1) is 8.36. The maximum absolute atomic E-state index is 9.28. The molecule has 17 heavy (non-hydrogen) atoms. The van der Waals surface area contributed by atoms with E-state index in [-0.39, 0.29) is 13.2 Å². The molecule has 92 valence electrons. The molecule has 2 rings (SSSR count). The molecule has 4 heteroatoms. The maximum Gasteiger partial charge on any atom is 0.140 e. The molecule has 0 amide bonds. The van der Waals surface area contributed by atoms with Crippen molar-refractivity contribution >= 4 is 11.0 Å². The Morgan fingerprint density at radius 3 is 2.82 bits per heavy atom. The van der Waals surface area contributed by atoms with Gasteiger partial charge in [0.1, 0.15) is 5.65 Å². The molecule has 0 aliphatic heterocycles. The average Bonchev–Trinajstić information content (AvgIpc) is 2.73. The lowest BCUT2D eigenvalue weighted by molar-refractivity contribution is 0.281. The molecule has 4 nitrogen and oxygen atoms in total. The van der Waals surface area contributed by atoms with E-state index in [9.17, 15) is 5.11 Å². The summed E-state index contributed by atoms with van der Waals surface area (Å²) >= 11 is 0. The van der Waals surface area contributed by atoms with Crippen LogP contribution in [0.4, 0.5) is 0 Å². The van der Waals surface area contributed by atoms with E-state index < -0.39 is 0 Å². The average molecular weight is 234 g/mol. The summed E-state index contributed by atoms with van der Waals surface area (Å²) < 4.78 is 2.08. The van der Waals surface area contributed by atoms with Gasteiger partial charge < -0.3 is 14.8 Å². The van der Waals surface area contributed by atoms with Gasteiger partial charge in [0.05, 0.1) is 6.61 Å². The van der Waals surface area contributed by atoms with Crippen molar-refractivity contribution in [2.75, 3.05) is 6.61 Å². The third-order valence-corrected chi connectivity index (χ3v) is 2.94. The van der Waals surface area contributed by atoms with Gasteiger partial charge in [0.2, 0.25) is 0 Å². The van der Waals surface area contributed by atoms with Crippen molar-refractivity contribution in [1.29, 1.82) is 0 Å². The SMILES string of the molecule is OCCCCCn1cc(CO)c2cccnc21. The Labute approximate surface area is 101 Å². The second kappa shape index (κ2) is 5.80. The fraction of sp³-hybridized carbons (Fsp3) is 0.462. The van der Waals surface area contributed by atoms with Crippen molar-refractivity contribution in [3.63, 3.8) is 0 Å². The fourth-order valence-electron chi connectivity index (χ4n) is 2.06. The normalized spacial score (nSPS) is 11.2. The largest absolute Gasteiger partial charge is 0.396 e. The summed E-state index contributed by atoms with van der Waals surface area (Å²) in [5, 5.41) is 19.0. The monoisotopic (exact) mass is 234 g/mol. The summed E-state index contributed by atoms with van der Waals surface area (Å²) in [6.07, 6.45) is 6.62. The van der Waals surface area contributed by atoms with Crippen molar-refractivity contribution in [2.45, 2.75) is 32.4 Å². The molecule has 0 saturated heterocycles. The molecule has 0 aliphatic carbocycles. The standard InChI is InChI=1S/C13H18N2O2/c16-8-3-1-2-7-15-9-11(10-17)12-5-4-6-14-13(12)15/h4-6,9,16-17H,1-3,7-8,10H2. The highest BCUT2D eigenvalue weighted by Crippen LogP contribution is 2.19. The van der Waals surface area contributed by atoms with E-state index in [4.69, 9.17) is 5.11 Å². The summed E-state index contributed by atoms with van der Waals surface area (Å²) in [4.78, 5) is 4.35. The zero-order chi connectivity index (χ0) is 12.1. The Morgan fingerprint density at radius 1 is 1.18 bits per heavy atom. The highest BCUT2D eigenvalue weighted by atomic mass is 16.3. The zero-order valence-electron chi connectivity index (χ0n) is 9.84. The molecule has 2 N–H and O–H groups in total. The van der Waals surface area contributed by atoms with E-state index >= 15 is 0 Å². The Balaban J connectivity index is 2.16. The van der Waals surface area contributed by atoms with Crippen molar-refractivity contribution in [3.05, 3.63) is 30.1 Å². The second-order valence-corrected chi connectivity index (χ2v) is 4.16. The van der Waals surface area contributed by atoms with Gasteiger partial charge in [-0.3, -0.25) is 0 Å². The molecule has 0 saturated carbocycles. The van der Waals surface area contributed by atoms with Crippen LogP contribution in [0.3, 0.4) is 0 Å². The molecule has 2 heterocycles. The Hall–Kier alpha value is -1.39. The number of aliphatic hydroxyl groups excluding tert-OH is 2. The van der Waals surface area contributed by atoms with E-state index in [1.807, 2.05) is 18.3 Å². The Kier molecular flexibility index (Phi) is 4.12. The maximum atomic E-state index is 9.28. The van der Waals surface area contributed by atoms with Crippen molar-refractivity contribution in [1.82, 2.24) is 9.55 Å². The number of aryl methyl sites for hydroxylation is 1. The van der Waals surface area contributed by atoms with Gasteiger partial charge in [-0.1, -0.05) is 0 Å². The highest BCUT2D eigenvalue weighted by Gasteiger charge is 2.07. The lowest BCUT2D eigenvalue weighted by Gasteiger charge is -2.03. The van der Waals surface area contributed by atoms with Crippen LogP contribution in [0.25, 0.3) is 11.0 Å². The summed E-state index contributed by atoms with van der Waals surface area (Å²) in [6.45, 7) is 1.19. The molecule has 0 bridgehead atoms. The minimum atomic E-state index is 0.0475. The number of pyridine rings is 1. The van der Waals surface area contributed by atoms with Gasteiger partial charge in [-0.2, -0.15) is 0 Å². The van der Waals surface area contributed by atoms with Crippen LogP contribution in [-0.4, -0.2) is 26.4 Å². The highest BCUT2D eigenvalue weighted by molar-refractivity contribution is 5.80. The minimum absolute atomic E-state index is 0.0475. The first-order valence-corrected chi connectivity index (χ1v) is 6.01. The summed E-state index contributed by atoms with van der Waals surface area (Å²) in [5.74, 6) is 0. The molecule has 0 unspecified atom stereocenters. The van der Waals surface area contributed by atoms with Crippen molar-refractivity contribution < 1.29 is 10.2 Å². The van der Waals surface area contributed by atoms with Crippen LogP contribution in [0.2, 0.25) is 0 Å². The van der Waals surface area contributed by atoms with Gasteiger partial charge in [-0.05, 0) is 31.4 Å². The molecule has 0 atom stereocenters. The smallest absolute Gasteiger partial charge is 0.140 e. The van der Waals surface area contributed by atoms with Crippen LogP contribution >= 0.6 is 0 Å². The fourth-order valence-corrected chi connectivity index (χ4v) is 2.06. The molecule has 0 aliphatic rings. The van der Waals surface area contributed by atoms with Gasteiger partial charge >= 0.3 is 0 Å². The van der Waals surface area contributed by atoms with Crippen LogP contribution in [0, 0.1) is 0 Å². The third kappa shape index (κ3) is 2.65.